The Kier molecular flexibility index (Phi) is 3.35. The van der Waals surface area contributed by atoms with E-state index in [0.717, 1.165) is 15.9 Å². The van der Waals surface area contributed by atoms with Gasteiger partial charge < -0.3 is 4.90 Å². The molecule has 0 unspecified atom stereocenters. The molecule has 1 heterocycles. The maximum atomic E-state index is 11.7. The number of thioether (sulfide) groups is 1. The number of nitrogens with zero attached hydrogens (tertiary/aromatic N) is 1. The highest BCUT2D eigenvalue weighted by molar-refractivity contribution is 9.10. The smallest absolute Gasteiger partial charge is 0.299 e. The fourth-order valence-corrected chi connectivity index (χ4v) is 2.40. The summed E-state index contributed by atoms with van der Waals surface area (Å²) in [7, 11) is 0. The van der Waals surface area contributed by atoms with Crippen LogP contribution in [0.15, 0.2) is 22.7 Å². The van der Waals surface area contributed by atoms with Gasteiger partial charge >= 0.3 is 0 Å². The van der Waals surface area contributed by atoms with Gasteiger partial charge in [-0.1, -0.05) is 15.9 Å². The van der Waals surface area contributed by atoms with Gasteiger partial charge in [0.1, 0.15) is 0 Å². The molecule has 0 atom stereocenters. The van der Waals surface area contributed by atoms with Gasteiger partial charge in [0.25, 0.3) is 11.7 Å². The van der Waals surface area contributed by atoms with Gasteiger partial charge in [0, 0.05) is 16.8 Å². The predicted octanol–water partition coefficient (Wildman–Crippen LogP) is 2.34. The molecule has 0 N–H and O–H groups in total. The number of amides is 1. The van der Waals surface area contributed by atoms with Crippen LogP contribution in [0.3, 0.4) is 0 Å². The van der Waals surface area contributed by atoms with Gasteiger partial charge in [0.05, 0.1) is 11.3 Å². The van der Waals surface area contributed by atoms with Crippen molar-refractivity contribution in [2.45, 2.75) is 0 Å². The first-order valence-corrected chi connectivity index (χ1v) is 6.98. The van der Waals surface area contributed by atoms with E-state index < -0.39 is 11.7 Å². The Bertz CT molecular complexity index is 461. The van der Waals surface area contributed by atoms with Crippen LogP contribution in [0.25, 0.3) is 0 Å². The minimum Gasteiger partial charge on any atom is -0.304 e. The Morgan fingerprint density at radius 3 is 2.81 bits per heavy atom. The van der Waals surface area contributed by atoms with Crippen LogP contribution >= 0.6 is 27.7 Å². The van der Waals surface area contributed by atoms with Crippen molar-refractivity contribution in [3.05, 3.63) is 28.2 Å². The average Bonchev–Trinajstić information content (AvgIpc) is 2.50. The van der Waals surface area contributed by atoms with Crippen molar-refractivity contribution in [3.63, 3.8) is 0 Å². The minimum absolute atomic E-state index is 0.405. The number of hydrogen-bond acceptors (Lipinski definition) is 3. The normalized spacial score (nSPS) is 14.5. The summed E-state index contributed by atoms with van der Waals surface area (Å²) in [6, 6.07) is 5.36. The molecule has 0 aromatic heterocycles. The van der Waals surface area contributed by atoms with Crippen LogP contribution in [0, 0.1) is 0 Å². The number of ketones is 1. The third-order valence-corrected chi connectivity index (χ3v) is 3.54. The van der Waals surface area contributed by atoms with Gasteiger partial charge in [-0.3, -0.25) is 9.59 Å². The monoisotopic (exact) mass is 299 g/mol. The van der Waals surface area contributed by atoms with Crippen molar-refractivity contribution in [2.24, 2.45) is 0 Å². The first kappa shape index (κ1) is 11.7. The van der Waals surface area contributed by atoms with E-state index in [1.807, 2.05) is 18.4 Å². The molecular weight excluding hydrogens is 290 g/mol. The molecule has 0 saturated carbocycles. The molecule has 1 aromatic rings. The lowest BCUT2D eigenvalue weighted by Crippen LogP contribution is -2.31. The largest absolute Gasteiger partial charge is 0.304 e. The molecule has 2 rings (SSSR count). The van der Waals surface area contributed by atoms with E-state index in [4.69, 9.17) is 0 Å². The molecule has 16 heavy (non-hydrogen) atoms. The number of benzene rings is 1. The molecule has 3 nitrogen and oxygen atoms in total. The van der Waals surface area contributed by atoms with E-state index in [1.165, 1.54) is 0 Å². The number of fused-ring (bicyclic) bond motifs is 1. The summed E-state index contributed by atoms with van der Waals surface area (Å²) in [4.78, 5) is 25.0. The van der Waals surface area contributed by atoms with E-state index in [9.17, 15) is 9.59 Å². The molecule has 1 aromatic carbocycles. The second-order valence-corrected chi connectivity index (χ2v) is 5.34. The first-order chi connectivity index (χ1) is 7.65. The summed E-state index contributed by atoms with van der Waals surface area (Å²) in [5.74, 6) is 0.00804. The Labute approximate surface area is 106 Å². The van der Waals surface area contributed by atoms with Gasteiger partial charge in [-0.25, -0.2) is 0 Å². The molecule has 1 amide bonds. The summed E-state index contributed by atoms with van der Waals surface area (Å²) in [6.07, 6.45) is 1.98. The zero-order valence-corrected chi connectivity index (χ0v) is 11.1. The topological polar surface area (TPSA) is 37.4 Å². The van der Waals surface area contributed by atoms with Gasteiger partial charge in [0.2, 0.25) is 0 Å². The standard InChI is InChI=1S/C11H10BrNO2S/c1-16-5-4-13-9-3-2-7(12)6-8(9)10(14)11(13)15/h2-3,6H,4-5H2,1H3. The van der Waals surface area contributed by atoms with Crippen LogP contribution in [-0.4, -0.2) is 30.2 Å². The van der Waals surface area contributed by atoms with E-state index >= 15 is 0 Å². The molecule has 0 spiro atoms. The number of carbonyl (C=O) groups is 2. The highest BCUT2D eigenvalue weighted by Crippen LogP contribution is 2.31. The van der Waals surface area contributed by atoms with E-state index in [1.54, 1.807) is 22.7 Å². The van der Waals surface area contributed by atoms with Gasteiger partial charge in [-0.05, 0) is 24.5 Å². The van der Waals surface area contributed by atoms with Crippen LogP contribution in [0.2, 0.25) is 0 Å². The highest BCUT2D eigenvalue weighted by atomic mass is 79.9. The Hall–Kier alpha value is -0.810. The van der Waals surface area contributed by atoms with Gasteiger partial charge in [-0.15, -0.1) is 0 Å². The molecule has 1 aliphatic heterocycles. The fraction of sp³-hybridized carbons (Fsp3) is 0.273. The second kappa shape index (κ2) is 4.59. The SMILES string of the molecule is CSCCN1C(=O)C(=O)c2cc(Br)ccc21. The molecule has 0 fully saturated rings. The number of Topliss-reactive ketones (excluding diaryl/α,β-unsaturated/α-hetero) is 1. The number of carbonyl (C=O) groups excluding carboxylic acids is 2. The number of hydrogen-bond donors (Lipinski definition) is 0. The zero-order chi connectivity index (χ0) is 11.7. The van der Waals surface area contributed by atoms with Crippen molar-refractivity contribution in [1.82, 2.24) is 0 Å². The molecule has 1 aliphatic rings. The molecule has 84 valence electrons. The van der Waals surface area contributed by atoms with Crippen LogP contribution in [0.4, 0.5) is 5.69 Å². The van der Waals surface area contributed by atoms with Crippen molar-refractivity contribution in [3.8, 4) is 0 Å². The lowest BCUT2D eigenvalue weighted by atomic mass is 10.1. The molecule has 0 bridgehead atoms. The van der Waals surface area contributed by atoms with E-state index in [2.05, 4.69) is 15.9 Å². The summed E-state index contributed by atoms with van der Waals surface area (Å²) in [6.45, 7) is 0.584. The maximum Gasteiger partial charge on any atom is 0.299 e. The van der Waals surface area contributed by atoms with Crippen molar-refractivity contribution >= 4 is 45.1 Å². The Balaban J connectivity index is 2.38. The Morgan fingerprint density at radius 1 is 1.38 bits per heavy atom. The van der Waals surface area contributed by atoms with Crippen LogP contribution in [0.5, 0.6) is 0 Å². The first-order valence-electron chi connectivity index (χ1n) is 4.80. The summed E-state index contributed by atoms with van der Waals surface area (Å²) in [5.41, 5.74) is 1.23. The quantitative estimate of drug-likeness (QED) is 0.804. The van der Waals surface area contributed by atoms with Gasteiger partial charge in [0.15, 0.2) is 0 Å². The average molecular weight is 300 g/mol. The number of anilines is 1. The zero-order valence-electron chi connectivity index (χ0n) is 8.70. The summed E-state index contributed by atoms with van der Waals surface area (Å²) < 4.78 is 0.819. The lowest BCUT2D eigenvalue weighted by Gasteiger charge is -2.15. The number of rotatable bonds is 3. The molecule has 0 radical (unpaired) electrons. The molecule has 5 heteroatoms. The van der Waals surface area contributed by atoms with Gasteiger partial charge in [-0.2, -0.15) is 11.8 Å². The fourth-order valence-electron chi connectivity index (χ4n) is 1.68. The molecule has 0 aliphatic carbocycles. The third-order valence-electron chi connectivity index (χ3n) is 2.45. The minimum atomic E-state index is -0.415. The van der Waals surface area contributed by atoms with E-state index in [-0.39, 0.29) is 0 Å². The van der Waals surface area contributed by atoms with Crippen LogP contribution < -0.4 is 4.90 Å². The summed E-state index contributed by atoms with van der Waals surface area (Å²) in [5, 5.41) is 0. The summed E-state index contributed by atoms with van der Waals surface area (Å²) >= 11 is 4.95. The van der Waals surface area contributed by atoms with Crippen LogP contribution in [0.1, 0.15) is 10.4 Å². The second-order valence-electron chi connectivity index (χ2n) is 3.44. The van der Waals surface area contributed by atoms with Crippen LogP contribution in [-0.2, 0) is 4.79 Å². The van der Waals surface area contributed by atoms with Crippen molar-refractivity contribution in [1.29, 1.82) is 0 Å². The number of halogens is 1. The molecule has 0 saturated heterocycles. The Morgan fingerprint density at radius 2 is 2.12 bits per heavy atom. The lowest BCUT2D eigenvalue weighted by molar-refractivity contribution is -0.114. The van der Waals surface area contributed by atoms with Crippen molar-refractivity contribution in [2.75, 3.05) is 23.5 Å². The highest BCUT2D eigenvalue weighted by Gasteiger charge is 2.35. The predicted molar refractivity (Wildman–Crippen MR) is 69.2 cm³/mol. The maximum absolute atomic E-state index is 11.7. The molecular formula is C11H10BrNO2S. The van der Waals surface area contributed by atoms with Crippen molar-refractivity contribution < 1.29 is 9.59 Å². The third kappa shape index (κ3) is 1.89. The van der Waals surface area contributed by atoms with E-state index in [0.29, 0.717) is 12.1 Å².